The number of ether oxygens (including phenoxy) is 1. The van der Waals surface area contributed by atoms with Gasteiger partial charge in [-0.3, -0.25) is 9.52 Å². The summed E-state index contributed by atoms with van der Waals surface area (Å²) in [5.74, 6) is -0.253. The molecule has 0 spiro atoms. The highest BCUT2D eigenvalue weighted by molar-refractivity contribution is 7.92. The van der Waals surface area contributed by atoms with Gasteiger partial charge in [-0.05, 0) is 43.2 Å². The molecule has 2 rings (SSSR count). The van der Waals surface area contributed by atoms with E-state index in [4.69, 9.17) is 4.74 Å². The van der Waals surface area contributed by atoms with E-state index < -0.39 is 10.0 Å². The van der Waals surface area contributed by atoms with Crippen LogP contribution in [0.15, 0.2) is 53.4 Å². The van der Waals surface area contributed by atoms with Crippen molar-refractivity contribution < 1.29 is 17.9 Å². The average Bonchev–Trinajstić information content (AvgIpc) is 2.61. The third-order valence-electron chi connectivity index (χ3n) is 3.61. The van der Waals surface area contributed by atoms with Crippen molar-refractivity contribution in [3.63, 3.8) is 0 Å². The minimum absolute atomic E-state index is 0.170. The molecule has 0 aliphatic rings. The second-order valence-electron chi connectivity index (χ2n) is 5.55. The van der Waals surface area contributed by atoms with E-state index in [1.807, 2.05) is 0 Å². The zero-order valence-electron chi connectivity index (χ0n) is 14.3. The van der Waals surface area contributed by atoms with E-state index in [0.717, 1.165) is 5.56 Å². The van der Waals surface area contributed by atoms with Crippen LogP contribution in [0.4, 0.5) is 5.69 Å². The first kappa shape index (κ1) is 19.0. The molecule has 0 bridgehead atoms. The Morgan fingerprint density at radius 1 is 1.12 bits per heavy atom. The Hall–Kier alpha value is -2.38. The summed E-state index contributed by atoms with van der Waals surface area (Å²) < 4.78 is 32.4. The van der Waals surface area contributed by atoms with E-state index in [2.05, 4.69) is 10.0 Å². The molecule has 0 saturated heterocycles. The summed E-state index contributed by atoms with van der Waals surface area (Å²) in [6.07, 6.45) is 0.710. The lowest BCUT2D eigenvalue weighted by atomic mass is 10.1. The Labute approximate surface area is 148 Å². The van der Waals surface area contributed by atoms with Crippen molar-refractivity contribution in [2.75, 3.05) is 25.0 Å². The summed E-state index contributed by atoms with van der Waals surface area (Å²) >= 11 is 0. The molecule has 7 heteroatoms. The van der Waals surface area contributed by atoms with Gasteiger partial charge in [0.05, 0.1) is 10.6 Å². The summed E-state index contributed by atoms with van der Waals surface area (Å²) in [5.41, 5.74) is 1.51. The molecule has 0 unspecified atom stereocenters. The van der Waals surface area contributed by atoms with Crippen molar-refractivity contribution in [1.29, 1.82) is 0 Å². The monoisotopic (exact) mass is 362 g/mol. The summed E-state index contributed by atoms with van der Waals surface area (Å²) in [6.45, 7) is 2.84. The Morgan fingerprint density at radius 3 is 2.52 bits per heavy atom. The number of hydrogen-bond acceptors (Lipinski definition) is 4. The normalized spacial score (nSPS) is 11.1. The smallest absolute Gasteiger partial charge is 0.261 e. The van der Waals surface area contributed by atoms with Crippen molar-refractivity contribution in [2.24, 2.45) is 0 Å². The summed E-state index contributed by atoms with van der Waals surface area (Å²) in [6, 6.07) is 13.0. The van der Waals surface area contributed by atoms with Crippen LogP contribution in [0.25, 0.3) is 0 Å². The molecule has 2 N–H and O–H groups in total. The standard InChI is InChI=1S/C18H22N2O4S/c1-14-9-10-15(18(21)19-11-6-12-24-2)13-17(14)20-25(22,23)16-7-4-3-5-8-16/h3-5,7-10,13,20H,6,11-12H2,1-2H3,(H,19,21). The average molecular weight is 362 g/mol. The minimum atomic E-state index is -3.70. The predicted molar refractivity (Wildman–Crippen MR) is 97.3 cm³/mol. The molecule has 0 atom stereocenters. The highest BCUT2D eigenvalue weighted by Crippen LogP contribution is 2.21. The van der Waals surface area contributed by atoms with Crippen LogP contribution in [0.3, 0.4) is 0 Å². The van der Waals surface area contributed by atoms with Gasteiger partial charge in [-0.25, -0.2) is 8.42 Å². The lowest BCUT2D eigenvalue weighted by Crippen LogP contribution is -2.25. The van der Waals surface area contributed by atoms with Crippen LogP contribution in [0.1, 0.15) is 22.3 Å². The van der Waals surface area contributed by atoms with Crippen molar-refractivity contribution in [1.82, 2.24) is 5.32 Å². The van der Waals surface area contributed by atoms with Crippen LogP contribution in [-0.2, 0) is 14.8 Å². The largest absolute Gasteiger partial charge is 0.385 e. The summed E-state index contributed by atoms with van der Waals surface area (Å²) in [5, 5.41) is 2.78. The molecule has 134 valence electrons. The van der Waals surface area contributed by atoms with E-state index in [-0.39, 0.29) is 10.8 Å². The SMILES string of the molecule is COCCCNC(=O)c1ccc(C)c(NS(=O)(=O)c2ccccc2)c1. The number of rotatable bonds is 8. The Morgan fingerprint density at radius 2 is 1.84 bits per heavy atom. The van der Waals surface area contributed by atoms with E-state index in [9.17, 15) is 13.2 Å². The van der Waals surface area contributed by atoms with Gasteiger partial charge in [0.25, 0.3) is 15.9 Å². The molecule has 0 heterocycles. The third-order valence-corrected chi connectivity index (χ3v) is 4.99. The first-order valence-corrected chi connectivity index (χ1v) is 9.38. The number of benzene rings is 2. The Bertz CT molecular complexity index is 820. The lowest BCUT2D eigenvalue weighted by Gasteiger charge is -2.12. The summed E-state index contributed by atoms with van der Waals surface area (Å²) in [4.78, 5) is 12.3. The van der Waals surface area contributed by atoms with Gasteiger partial charge in [-0.15, -0.1) is 0 Å². The molecule has 2 aromatic carbocycles. The molecule has 0 radical (unpaired) electrons. The third kappa shape index (κ3) is 5.30. The fourth-order valence-corrected chi connectivity index (χ4v) is 3.34. The zero-order valence-corrected chi connectivity index (χ0v) is 15.1. The number of aryl methyl sites for hydroxylation is 1. The maximum Gasteiger partial charge on any atom is 0.261 e. The van der Waals surface area contributed by atoms with Crippen LogP contribution in [0.5, 0.6) is 0 Å². The van der Waals surface area contributed by atoms with Crippen LogP contribution in [0.2, 0.25) is 0 Å². The van der Waals surface area contributed by atoms with Gasteiger partial charge in [-0.2, -0.15) is 0 Å². The first-order chi connectivity index (χ1) is 11.9. The van der Waals surface area contributed by atoms with Crippen molar-refractivity contribution >= 4 is 21.6 Å². The molecule has 25 heavy (non-hydrogen) atoms. The van der Waals surface area contributed by atoms with Crippen LogP contribution >= 0.6 is 0 Å². The van der Waals surface area contributed by atoms with Gasteiger partial charge >= 0.3 is 0 Å². The zero-order chi connectivity index (χ0) is 18.3. The van der Waals surface area contributed by atoms with Gasteiger partial charge < -0.3 is 10.1 Å². The second-order valence-corrected chi connectivity index (χ2v) is 7.23. The van der Waals surface area contributed by atoms with Crippen molar-refractivity contribution in [3.8, 4) is 0 Å². The number of methoxy groups -OCH3 is 1. The lowest BCUT2D eigenvalue weighted by molar-refractivity contribution is 0.0948. The molecule has 2 aromatic rings. The van der Waals surface area contributed by atoms with Gasteiger partial charge in [0.15, 0.2) is 0 Å². The summed E-state index contributed by atoms with van der Waals surface area (Å²) in [7, 11) is -2.10. The Kier molecular flexibility index (Phi) is 6.55. The van der Waals surface area contributed by atoms with Crippen LogP contribution < -0.4 is 10.0 Å². The quantitative estimate of drug-likeness (QED) is 0.707. The number of hydrogen-bond donors (Lipinski definition) is 2. The van der Waals surface area contributed by atoms with Gasteiger partial charge in [0.1, 0.15) is 0 Å². The highest BCUT2D eigenvalue weighted by atomic mass is 32.2. The van der Waals surface area contributed by atoms with Crippen LogP contribution in [0, 0.1) is 6.92 Å². The number of nitrogens with one attached hydrogen (secondary N) is 2. The maximum absolute atomic E-state index is 12.5. The minimum Gasteiger partial charge on any atom is -0.385 e. The van der Waals surface area contributed by atoms with E-state index in [1.54, 1.807) is 50.4 Å². The van der Waals surface area contributed by atoms with Crippen molar-refractivity contribution in [2.45, 2.75) is 18.2 Å². The molecule has 0 saturated carbocycles. The van der Waals surface area contributed by atoms with Gasteiger partial charge in [0.2, 0.25) is 0 Å². The fraction of sp³-hybridized carbons (Fsp3) is 0.278. The fourth-order valence-electron chi connectivity index (χ4n) is 2.20. The van der Waals surface area contributed by atoms with E-state index in [0.29, 0.717) is 30.8 Å². The number of anilines is 1. The first-order valence-electron chi connectivity index (χ1n) is 7.89. The van der Waals surface area contributed by atoms with E-state index >= 15 is 0 Å². The predicted octanol–water partition coefficient (Wildman–Crippen LogP) is 2.56. The maximum atomic E-state index is 12.5. The second kappa shape index (κ2) is 8.64. The molecule has 1 amide bonds. The van der Waals surface area contributed by atoms with E-state index in [1.165, 1.54) is 12.1 Å². The highest BCUT2D eigenvalue weighted by Gasteiger charge is 2.16. The molecule has 0 aliphatic carbocycles. The molecular weight excluding hydrogens is 340 g/mol. The molecule has 6 nitrogen and oxygen atoms in total. The molecule has 0 fully saturated rings. The molecular formula is C18H22N2O4S. The van der Waals surface area contributed by atoms with Crippen LogP contribution in [-0.4, -0.2) is 34.6 Å². The number of carbonyl (C=O) groups is 1. The molecule has 0 aromatic heterocycles. The number of carbonyl (C=O) groups excluding carboxylic acids is 1. The topological polar surface area (TPSA) is 84.5 Å². The number of sulfonamides is 1. The van der Waals surface area contributed by atoms with Gasteiger partial charge in [0, 0.05) is 25.8 Å². The van der Waals surface area contributed by atoms with Gasteiger partial charge in [-0.1, -0.05) is 24.3 Å². The number of amides is 1. The molecule has 0 aliphatic heterocycles. The van der Waals surface area contributed by atoms with Crippen molar-refractivity contribution in [3.05, 3.63) is 59.7 Å². The Balaban J connectivity index is 2.15.